The van der Waals surface area contributed by atoms with Crippen LogP contribution in [0, 0.1) is 6.92 Å². The number of benzene rings is 3. The molecule has 2 aromatic heterocycles. The number of hydrogen-bond acceptors (Lipinski definition) is 6. The predicted molar refractivity (Wildman–Crippen MR) is 155 cm³/mol. The zero-order valence-electron chi connectivity index (χ0n) is 22.6. The number of aryl methyl sites for hydroxylation is 1. The quantitative estimate of drug-likeness (QED) is 0.0827. The Morgan fingerprint density at radius 2 is 1.43 bits per heavy atom. The molecular weight excluding hydrogens is 703 g/mol. The van der Waals surface area contributed by atoms with Crippen LogP contribution in [0.25, 0.3) is 21.8 Å². The molecule has 0 saturated heterocycles. The fourth-order valence-electron chi connectivity index (χ4n) is 2.91. The van der Waals surface area contributed by atoms with Crippen molar-refractivity contribution in [3.8, 4) is 5.75 Å². The van der Waals surface area contributed by atoms with Crippen LogP contribution < -0.4 is 5.11 Å². The molecule has 7 nitrogen and oxygen atoms in total. The minimum absolute atomic E-state index is 0. The molecule has 0 aliphatic rings. The van der Waals surface area contributed by atoms with Crippen LogP contribution in [0.3, 0.4) is 0 Å². The summed E-state index contributed by atoms with van der Waals surface area (Å²) in [5, 5.41) is 20.1. The Kier molecular flexibility index (Phi) is 18.2. The molecule has 5 aromatic rings. The van der Waals surface area contributed by atoms with Crippen molar-refractivity contribution in [2.75, 3.05) is 5.34 Å². The molecule has 0 atom stereocenters. The van der Waals surface area contributed by atoms with Crippen LogP contribution in [0.2, 0.25) is 0 Å². The van der Waals surface area contributed by atoms with Crippen molar-refractivity contribution in [3.05, 3.63) is 102 Å². The second-order valence-electron chi connectivity index (χ2n) is 8.35. The van der Waals surface area contributed by atoms with Gasteiger partial charge in [0.2, 0.25) is 0 Å². The number of pyridine rings is 1. The first-order chi connectivity index (χ1) is 19.2. The molecule has 228 valence electrons. The number of para-hydroxylation sites is 2. The molecular formula is C28H28Cl2F3N3O4RuS. The van der Waals surface area contributed by atoms with E-state index in [1.54, 1.807) is 12.3 Å². The summed E-state index contributed by atoms with van der Waals surface area (Å²) in [6.07, 6.45) is 3.44. The Bertz CT molecular complexity index is 1540. The molecule has 1 N–H and O–H groups in total. The van der Waals surface area contributed by atoms with Crippen LogP contribution >= 0.6 is 23.2 Å². The maximum Gasteiger partial charge on any atom is 2.00 e. The third-order valence-corrected chi connectivity index (χ3v) is 5.54. The second-order valence-corrected chi connectivity index (χ2v) is 10.5. The van der Waals surface area contributed by atoms with Gasteiger partial charge in [-0.15, -0.1) is 23.2 Å². The maximum absolute atomic E-state index is 11.1. The monoisotopic (exact) mass is 731 g/mol. The Hall–Kier alpha value is -2.76. The van der Waals surface area contributed by atoms with Gasteiger partial charge in [-0.2, -0.15) is 18.3 Å². The normalized spacial score (nSPS) is 10.4. The van der Waals surface area contributed by atoms with Gasteiger partial charge in [0.1, 0.15) is 0 Å². The predicted octanol–water partition coefficient (Wildman–Crippen LogP) is 7.46. The van der Waals surface area contributed by atoms with Crippen molar-refractivity contribution >= 4 is 55.1 Å². The van der Waals surface area contributed by atoms with E-state index in [1.165, 1.54) is 17.2 Å². The molecule has 0 saturated carbocycles. The summed E-state index contributed by atoms with van der Waals surface area (Å²) in [7, 11) is -6.09. The number of rotatable bonds is 1. The third kappa shape index (κ3) is 14.4. The summed E-state index contributed by atoms with van der Waals surface area (Å²) < 4.78 is 58.9. The molecule has 42 heavy (non-hydrogen) atoms. The second kappa shape index (κ2) is 19.4. The van der Waals surface area contributed by atoms with Crippen molar-refractivity contribution in [1.82, 2.24) is 15.2 Å². The van der Waals surface area contributed by atoms with E-state index in [1.807, 2.05) is 48.7 Å². The molecule has 2 heterocycles. The Balaban J connectivity index is 0.000000517. The Morgan fingerprint density at radius 1 is 0.905 bits per heavy atom. The van der Waals surface area contributed by atoms with Gasteiger partial charge in [-0.1, -0.05) is 91.9 Å². The number of nitrogens with zero attached hydrogens (tertiary/aromatic N) is 2. The van der Waals surface area contributed by atoms with Crippen LogP contribution in [-0.2, 0) is 29.6 Å². The number of alkyl halides is 5. The van der Waals surface area contributed by atoms with Crippen LogP contribution in [0.1, 0.15) is 30.9 Å². The van der Waals surface area contributed by atoms with Crippen molar-refractivity contribution in [3.63, 3.8) is 0 Å². The molecule has 0 aliphatic carbocycles. The van der Waals surface area contributed by atoms with E-state index in [9.17, 15) is 18.3 Å². The summed E-state index contributed by atoms with van der Waals surface area (Å²) in [6, 6.07) is 25.6. The van der Waals surface area contributed by atoms with Crippen LogP contribution in [0.4, 0.5) is 13.2 Å². The van der Waals surface area contributed by atoms with E-state index in [4.69, 9.17) is 36.2 Å². The van der Waals surface area contributed by atoms with Crippen molar-refractivity contribution < 1.29 is 50.7 Å². The zero-order valence-corrected chi connectivity index (χ0v) is 26.7. The average Bonchev–Trinajstić information content (AvgIpc) is 3.39. The van der Waals surface area contributed by atoms with Crippen LogP contribution in [0.5, 0.6) is 5.75 Å². The van der Waals surface area contributed by atoms with Crippen LogP contribution in [-0.4, -0.2) is 39.0 Å². The fourth-order valence-corrected chi connectivity index (χ4v) is 2.91. The zero-order chi connectivity index (χ0) is 31.1. The molecule has 0 unspecified atom stereocenters. The Morgan fingerprint density at radius 3 is 1.93 bits per heavy atom. The van der Waals surface area contributed by atoms with Gasteiger partial charge in [0.25, 0.3) is 0 Å². The number of hydrogen-bond donors (Lipinski definition) is 1. The molecule has 0 fully saturated rings. The van der Waals surface area contributed by atoms with Gasteiger partial charge < -0.3 is 9.66 Å². The molecule has 0 amide bonds. The van der Waals surface area contributed by atoms with Gasteiger partial charge in [-0.05, 0) is 35.9 Å². The van der Waals surface area contributed by atoms with E-state index in [2.05, 4.69) is 60.2 Å². The van der Waals surface area contributed by atoms with Crippen molar-refractivity contribution in [1.29, 1.82) is 0 Å². The largest absolute Gasteiger partial charge is 2.00 e. The van der Waals surface area contributed by atoms with Gasteiger partial charge in [0, 0.05) is 11.6 Å². The topological polar surface area (TPSA) is 122 Å². The summed E-state index contributed by atoms with van der Waals surface area (Å²) in [4.78, 5) is 3.97. The number of halogens is 5. The van der Waals surface area contributed by atoms with Gasteiger partial charge in [0.15, 0.2) is 10.1 Å². The first kappa shape index (κ1) is 39.2. The van der Waals surface area contributed by atoms with E-state index >= 15 is 0 Å². The van der Waals surface area contributed by atoms with E-state index < -0.39 is 15.6 Å². The first-order valence-corrected chi connectivity index (χ1v) is 14.3. The Labute approximate surface area is 265 Å². The summed E-state index contributed by atoms with van der Waals surface area (Å²) in [5.41, 5.74) is -1.24. The number of aromatic nitrogens is 3. The molecule has 0 spiro atoms. The molecule has 3 aromatic carbocycles. The van der Waals surface area contributed by atoms with Gasteiger partial charge in [-0.25, -0.2) is 8.42 Å². The standard InChI is InChI=1S/C10H14.C9H7NO.C7H6N2.CH2Cl2.CHF3O3S.Ru/c1-8(2)10-6-4-9(3)5-7-10;11-8-5-1-3-7-4-2-6-10-9(7)8;1-2-4-7-6(3-1)5-8-9-7;2-1-3;2-1(3,4)8(5,6)7;/h4-8H,1-3H3;1-6,11H;1-5H,(H,8,9);1H2;(H,5,6,7);/q;;;;;+2/p-2. The molecule has 14 heteroatoms. The van der Waals surface area contributed by atoms with Gasteiger partial charge in [-0.3, -0.25) is 10.1 Å². The third-order valence-electron chi connectivity index (χ3n) is 4.97. The SMILES string of the molecule is Cc1ccc(C(C)C)cc1.ClCCl.O=S(=O)([O-])C(F)(F)F.[O-]c1cccc2cccnc12.[Ru+2].c1ccc2[nH]ncc2c1. The minimum atomic E-state index is -6.09. The fraction of sp³-hybridized carbons (Fsp3) is 0.214. The number of fused-ring (bicyclic) bond motifs is 2. The number of H-pyrrole nitrogens is 1. The first-order valence-electron chi connectivity index (χ1n) is 11.8. The smallest absolute Gasteiger partial charge is 0.871 e. The molecule has 0 radical (unpaired) electrons. The van der Waals surface area contributed by atoms with Gasteiger partial charge >= 0.3 is 25.0 Å². The maximum atomic E-state index is 11.1. The van der Waals surface area contributed by atoms with E-state index in [-0.39, 0.29) is 30.6 Å². The summed E-state index contributed by atoms with van der Waals surface area (Å²) in [6.45, 7) is 6.54. The average molecular weight is 732 g/mol. The van der Waals surface area contributed by atoms with Crippen LogP contribution in [0.15, 0.2) is 91.3 Å². The summed E-state index contributed by atoms with van der Waals surface area (Å²) >= 11 is 9.53. The number of nitrogens with one attached hydrogen (secondary N) is 1. The number of aromatic amines is 1. The molecule has 0 aliphatic heterocycles. The van der Waals surface area contributed by atoms with E-state index in [0.717, 1.165) is 16.3 Å². The molecule has 0 bridgehead atoms. The summed E-state index contributed by atoms with van der Waals surface area (Å²) in [5.74, 6) is 0.642. The van der Waals surface area contributed by atoms with Gasteiger partial charge in [0.05, 0.1) is 22.6 Å². The molecule has 5 rings (SSSR count). The minimum Gasteiger partial charge on any atom is -0.871 e. The van der Waals surface area contributed by atoms with Crippen molar-refractivity contribution in [2.45, 2.75) is 32.2 Å². The van der Waals surface area contributed by atoms with E-state index in [0.29, 0.717) is 11.4 Å². The van der Waals surface area contributed by atoms with Crippen molar-refractivity contribution in [2.24, 2.45) is 0 Å².